The van der Waals surface area contributed by atoms with E-state index in [1.54, 1.807) is 20.8 Å². The molecule has 1 N–H and O–H groups in total. The fourth-order valence-electron chi connectivity index (χ4n) is 0.941. The second-order valence-corrected chi connectivity index (χ2v) is 4.22. The van der Waals surface area contributed by atoms with Gasteiger partial charge in [0.25, 0.3) is 0 Å². The van der Waals surface area contributed by atoms with E-state index in [1.165, 1.54) is 6.92 Å². The summed E-state index contributed by atoms with van der Waals surface area (Å²) in [6.07, 6.45) is 0.0359. The summed E-state index contributed by atoms with van der Waals surface area (Å²) in [6.45, 7) is 8.62. The largest absolute Gasteiger partial charge is 0.444 e. The summed E-state index contributed by atoms with van der Waals surface area (Å²) in [4.78, 5) is 22.3. The quantitative estimate of drug-likeness (QED) is 0.758. The van der Waals surface area contributed by atoms with Gasteiger partial charge in [-0.3, -0.25) is 4.79 Å². The van der Waals surface area contributed by atoms with Crippen molar-refractivity contribution >= 4 is 11.9 Å². The molecule has 0 bridgehead atoms. The van der Waals surface area contributed by atoms with Crippen LogP contribution in [0.25, 0.3) is 0 Å². The SMILES string of the molecule is CCC(NC(=O)OC(C)(C)C)C(C)=O. The van der Waals surface area contributed by atoms with E-state index >= 15 is 0 Å². The molecule has 0 aromatic rings. The average Bonchev–Trinajstić information content (AvgIpc) is 1.96. The molecule has 4 heteroatoms. The number of amides is 1. The Morgan fingerprint density at radius 1 is 1.36 bits per heavy atom. The third kappa shape index (κ3) is 5.56. The fourth-order valence-corrected chi connectivity index (χ4v) is 0.941. The van der Waals surface area contributed by atoms with Gasteiger partial charge in [-0.05, 0) is 34.1 Å². The van der Waals surface area contributed by atoms with Crippen LogP contribution in [0.4, 0.5) is 4.79 Å². The number of rotatable bonds is 3. The number of carbonyl (C=O) groups excluding carboxylic acids is 2. The fraction of sp³-hybridized carbons (Fsp3) is 0.800. The molecular formula is C10H19NO3. The zero-order valence-corrected chi connectivity index (χ0v) is 9.51. The highest BCUT2D eigenvalue weighted by Gasteiger charge is 2.20. The summed E-state index contributed by atoms with van der Waals surface area (Å²) in [5.74, 6) is -0.0571. The van der Waals surface area contributed by atoms with Crippen molar-refractivity contribution in [3.8, 4) is 0 Å². The topological polar surface area (TPSA) is 55.4 Å². The monoisotopic (exact) mass is 201 g/mol. The Morgan fingerprint density at radius 3 is 2.14 bits per heavy atom. The lowest BCUT2D eigenvalue weighted by molar-refractivity contribution is -0.119. The van der Waals surface area contributed by atoms with Crippen LogP contribution in [0.5, 0.6) is 0 Å². The predicted molar refractivity (Wildman–Crippen MR) is 54.1 cm³/mol. The van der Waals surface area contributed by atoms with E-state index in [1.807, 2.05) is 6.92 Å². The molecule has 0 saturated carbocycles. The number of ketones is 1. The van der Waals surface area contributed by atoms with Crippen LogP contribution in [-0.2, 0) is 9.53 Å². The normalized spacial score (nSPS) is 13.2. The van der Waals surface area contributed by atoms with Gasteiger partial charge in [-0.25, -0.2) is 4.79 Å². The zero-order valence-electron chi connectivity index (χ0n) is 9.51. The number of nitrogens with one attached hydrogen (secondary N) is 1. The van der Waals surface area contributed by atoms with Gasteiger partial charge in [-0.2, -0.15) is 0 Å². The Morgan fingerprint density at radius 2 is 1.86 bits per heavy atom. The highest BCUT2D eigenvalue weighted by atomic mass is 16.6. The molecule has 0 aliphatic rings. The average molecular weight is 201 g/mol. The van der Waals surface area contributed by atoms with Crippen molar-refractivity contribution in [1.29, 1.82) is 0 Å². The molecule has 0 fully saturated rings. The van der Waals surface area contributed by atoms with E-state index < -0.39 is 17.7 Å². The highest BCUT2D eigenvalue weighted by molar-refractivity contribution is 5.85. The molecule has 1 atom stereocenters. The van der Waals surface area contributed by atoms with Crippen molar-refractivity contribution in [2.24, 2.45) is 0 Å². The maximum atomic E-state index is 11.2. The Hall–Kier alpha value is -1.06. The molecule has 0 saturated heterocycles. The van der Waals surface area contributed by atoms with Crippen LogP contribution in [-0.4, -0.2) is 23.5 Å². The van der Waals surface area contributed by atoms with E-state index in [4.69, 9.17) is 4.74 Å². The maximum Gasteiger partial charge on any atom is 0.408 e. The summed E-state index contributed by atoms with van der Waals surface area (Å²) < 4.78 is 5.02. The molecule has 0 heterocycles. The van der Waals surface area contributed by atoms with Crippen molar-refractivity contribution in [3.63, 3.8) is 0 Å². The molecule has 0 aromatic heterocycles. The van der Waals surface area contributed by atoms with Gasteiger partial charge in [0.15, 0.2) is 5.78 Å². The number of hydrogen-bond acceptors (Lipinski definition) is 3. The van der Waals surface area contributed by atoms with Crippen LogP contribution in [0.1, 0.15) is 41.0 Å². The summed E-state index contributed by atoms with van der Waals surface area (Å²) >= 11 is 0. The second kappa shape index (κ2) is 4.98. The first-order valence-electron chi connectivity index (χ1n) is 4.76. The standard InChI is InChI=1S/C10H19NO3/c1-6-8(7(2)12)11-9(13)14-10(3,4)5/h8H,6H2,1-5H3,(H,11,13). The molecule has 1 unspecified atom stereocenters. The summed E-state index contributed by atoms with van der Waals surface area (Å²) in [6, 6.07) is -0.440. The van der Waals surface area contributed by atoms with Crippen LogP contribution >= 0.6 is 0 Å². The highest BCUT2D eigenvalue weighted by Crippen LogP contribution is 2.07. The van der Waals surface area contributed by atoms with Crippen molar-refractivity contribution < 1.29 is 14.3 Å². The van der Waals surface area contributed by atoms with Gasteiger partial charge in [0.05, 0.1) is 6.04 Å². The lowest BCUT2D eigenvalue weighted by Crippen LogP contribution is -2.42. The van der Waals surface area contributed by atoms with Crippen LogP contribution in [0.15, 0.2) is 0 Å². The first-order valence-corrected chi connectivity index (χ1v) is 4.76. The number of Topliss-reactive ketones (excluding diaryl/α,β-unsaturated/α-hetero) is 1. The van der Waals surface area contributed by atoms with Crippen molar-refractivity contribution in [1.82, 2.24) is 5.32 Å². The number of carbonyl (C=O) groups is 2. The van der Waals surface area contributed by atoms with Gasteiger partial charge in [0.1, 0.15) is 5.60 Å². The van der Waals surface area contributed by atoms with E-state index in [2.05, 4.69) is 5.32 Å². The molecule has 82 valence electrons. The Balaban J connectivity index is 4.11. The van der Waals surface area contributed by atoms with Gasteiger partial charge in [0.2, 0.25) is 0 Å². The Kier molecular flexibility index (Phi) is 4.60. The van der Waals surface area contributed by atoms with Gasteiger partial charge < -0.3 is 10.1 Å². The van der Waals surface area contributed by atoms with E-state index in [0.717, 1.165) is 0 Å². The number of alkyl carbamates (subject to hydrolysis) is 1. The maximum absolute atomic E-state index is 11.2. The minimum absolute atomic E-state index is 0.0571. The van der Waals surface area contributed by atoms with Gasteiger partial charge >= 0.3 is 6.09 Å². The van der Waals surface area contributed by atoms with Crippen molar-refractivity contribution in [3.05, 3.63) is 0 Å². The van der Waals surface area contributed by atoms with Crippen LogP contribution < -0.4 is 5.32 Å². The molecule has 4 nitrogen and oxygen atoms in total. The van der Waals surface area contributed by atoms with Gasteiger partial charge in [-0.15, -0.1) is 0 Å². The third-order valence-electron chi connectivity index (χ3n) is 1.59. The van der Waals surface area contributed by atoms with E-state index in [0.29, 0.717) is 6.42 Å². The number of hydrogen-bond donors (Lipinski definition) is 1. The molecule has 1 amide bonds. The first-order chi connectivity index (χ1) is 6.26. The van der Waals surface area contributed by atoms with Crippen molar-refractivity contribution in [2.45, 2.75) is 52.7 Å². The lowest BCUT2D eigenvalue weighted by atomic mass is 10.1. The van der Waals surface area contributed by atoms with Crippen molar-refractivity contribution in [2.75, 3.05) is 0 Å². The summed E-state index contributed by atoms with van der Waals surface area (Å²) in [5.41, 5.74) is -0.529. The zero-order chi connectivity index (χ0) is 11.4. The molecular weight excluding hydrogens is 182 g/mol. The predicted octanol–water partition coefficient (Wildman–Crippen LogP) is 1.88. The van der Waals surface area contributed by atoms with Crippen LogP contribution in [0.2, 0.25) is 0 Å². The minimum atomic E-state index is -0.542. The van der Waals surface area contributed by atoms with Gasteiger partial charge in [0, 0.05) is 0 Å². The van der Waals surface area contributed by atoms with Gasteiger partial charge in [-0.1, -0.05) is 6.92 Å². The molecule has 0 aliphatic heterocycles. The molecule has 0 radical (unpaired) electrons. The smallest absolute Gasteiger partial charge is 0.408 e. The minimum Gasteiger partial charge on any atom is -0.444 e. The Labute approximate surface area is 85.0 Å². The number of ether oxygens (including phenoxy) is 1. The van der Waals surface area contributed by atoms with Crippen LogP contribution in [0.3, 0.4) is 0 Å². The second-order valence-electron chi connectivity index (χ2n) is 4.22. The summed E-state index contributed by atoms with van der Waals surface area (Å²) in [5, 5.41) is 2.51. The third-order valence-corrected chi connectivity index (χ3v) is 1.59. The van der Waals surface area contributed by atoms with E-state index in [9.17, 15) is 9.59 Å². The lowest BCUT2D eigenvalue weighted by Gasteiger charge is -2.21. The molecule has 0 rings (SSSR count). The Bertz CT molecular complexity index is 218. The summed E-state index contributed by atoms with van der Waals surface area (Å²) in [7, 11) is 0. The molecule has 14 heavy (non-hydrogen) atoms. The van der Waals surface area contributed by atoms with Crippen LogP contribution in [0, 0.1) is 0 Å². The molecule has 0 spiro atoms. The first kappa shape index (κ1) is 12.9. The van der Waals surface area contributed by atoms with E-state index in [-0.39, 0.29) is 5.78 Å². The molecule has 0 aliphatic carbocycles. The molecule has 0 aromatic carbocycles.